The lowest BCUT2D eigenvalue weighted by Gasteiger charge is -2.42. The number of ketones is 1. The minimum atomic E-state index is -1.10. The highest BCUT2D eigenvalue weighted by Crippen LogP contribution is 2.51. The Bertz CT molecular complexity index is 1090. The first kappa shape index (κ1) is 18.3. The van der Waals surface area contributed by atoms with Crippen LogP contribution in [0, 0.1) is 5.92 Å². The van der Waals surface area contributed by atoms with Crippen LogP contribution in [-0.4, -0.2) is 22.0 Å². The molecule has 0 saturated carbocycles. The van der Waals surface area contributed by atoms with Gasteiger partial charge in [-0.1, -0.05) is 66.8 Å². The van der Waals surface area contributed by atoms with Crippen molar-refractivity contribution in [3.63, 3.8) is 0 Å². The van der Waals surface area contributed by atoms with Gasteiger partial charge >= 0.3 is 0 Å². The minimum absolute atomic E-state index is 0.0633. The van der Waals surface area contributed by atoms with Crippen LogP contribution < -0.4 is 4.90 Å². The van der Waals surface area contributed by atoms with Crippen LogP contribution >= 0.6 is 0 Å². The smallest absolute Gasteiger partial charge is 0.176 e. The molecular weight excluding hydrogens is 374 g/mol. The maximum Gasteiger partial charge on any atom is 0.176 e. The van der Waals surface area contributed by atoms with Gasteiger partial charge in [0.2, 0.25) is 0 Å². The number of para-hydroxylation sites is 1. The first-order valence-corrected chi connectivity index (χ1v) is 9.95. The molecule has 0 radical (unpaired) electrons. The number of fused-ring (bicyclic) bond motifs is 1. The molecule has 3 aromatic carbocycles. The molecule has 3 aromatic rings. The van der Waals surface area contributed by atoms with Crippen molar-refractivity contribution in [1.82, 2.24) is 0 Å². The second-order valence-corrected chi connectivity index (χ2v) is 7.66. The average Bonchev–Trinajstić information content (AvgIpc) is 3.05. The van der Waals surface area contributed by atoms with Gasteiger partial charge < -0.3 is 15.1 Å². The molecule has 2 aliphatic rings. The number of carbonyl (C=O) groups is 1. The van der Waals surface area contributed by atoms with E-state index in [1.165, 1.54) is 0 Å². The molecule has 5 rings (SSSR count). The average molecular weight is 395 g/mol. The van der Waals surface area contributed by atoms with Crippen LogP contribution in [0.1, 0.15) is 11.1 Å². The van der Waals surface area contributed by atoms with E-state index >= 15 is 0 Å². The predicted octanol–water partition coefficient (Wildman–Crippen LogP) is 4.54. The Balaban J connectivity index is 1.85. The largest absolute Gasteiger partial charge is 0.508 e. The van der Waals surface area contributed by atoms with E-state index in [0.717, 1.165) is 16.8 Å². The summed E-state index contributed by atoms with van der Waals surface area (Å²) in [6.45, 7) is 0. The van der Waals surface area contributed by atoms with Crippen molar-refractivity contribution in [3.8, 4) is 11.5 Å². The van der Waals surface area contributed by atoms with Gasteiger partial charge in [0.25, 0.3) is 0 Å². The van der Waals surface area contributed by atoms with Crippen LogP contribution in [0.15, 0.2) is 103 Å². The number of aromatic hydroxyl groups is 2. The molecule has 2 atom stereocenters. The number of benzene rings is 3. The molecule has 2 unspecified atom stereocenters. The molecule has 1 saturated heterocycles. The number of phenolic OH excluding ortho intramolecular Hbond substituents is 2. The van der Waals surface area contributed by atoms with Gasteiger partial charge in [-0.3, -0.25) is 4.79 Å². The lowest BCUT2D eigenvalue weighted by molar-refractivity contribution is -0.123. The molecule has 2 N–H and O–H groups in total. The molecule has 0 amide bonds. The first-order chi connectivity index (χ1) is 14.6. The molecule has 1 aliphatic heterocycles. The predicted molar refractivity (Wildman–Crippen MR) is 116 cm³/mol. The van der Waals surface area contributed by atoms with Crippen molar-refractivity contribution >= 4 is 11.5 Å². The van der Waals surface area contributed by atoms with Gasteiger partial charge in [0, 0.05) is 5.69 Å². The van der Waals surface area contributed by atoms with E-state index in [0.29, 0.717) is 0 Å². The topological polar surface area (TPSA) is 60.8 Å². The number of nitrogens with zero attached hydrogens (tertiary/aromatic N) is 1. The molecule has 148 valence electrons. The Hall–Kier alpha value is -3.79. The van der Waals surface area contributed by atoms with Crippen molar-refractivity contribution in [3.05, 3.63) is 114 Å². The Morgan fingerprint density at radius 2 is 1.23 bits per heavy atom. The number of Topliss-reactive ketones (excluding diaryl/α,β-unsaturated/α-hetero) is 1. The zero-order valence-electron chi connectivity index (χ0n) is 16.2. The summed E-state index contributed by atoms with van der Waals surface area (Å²) in [5.41, 5.74) is 1.38. The van der Waals surface area contributed by atoms with Crippen LogP contribution in [0.3, 0.4) is 0 Å². The van der Waals surface area contributed by atoms with Crippen LogP contribution in [0.4, 0.5) is 5.69 Å². The fourth-order valence-electron chi connectivity index (χ4n) is 4.76. The number of carbonyl (C=O) groups excluding carboxylic acids is 1. The lowest BCUT2D eigenvalue weighted by Crippen LogP contribution is -2.49. The van der Waals surface area contributed by atoms with Gasteiger partial charge in [-0.25, -0.2) is 0 Å². The normalized spacial score (nSPS) is 21.6. The van der Waals surface area contributed by atoms with Crippen molar-refractivity contribution in [2.24, 2.45) is 5.92 Å². The van der Waals surface area contributed by atoms with Gasteiger partial charge in [-0.05, 0) is 47.5 Å². The molecule has 1 fully saturated rings. The number of allylic oxidation sites excluding steroid dienone is 2. The molecule has 0 aromatic heterocycles. The number of phenols is 2. The fraction of sp³-hybridized carbons (Fsp3) is 0.115. The second kappa shape index (κ2) is 6.92. The van der Waals surface area contributed by atoms with Crippen molar-refractivity contribution in [1.29, 1.82) is 0 Å². The van der Waals surface area contributed by atoms with Crippen LogP contribution in [-0.2, 0) is 10.3 Å². The van der Waals surface area contributed by atoms with Gasteiger partial charge in [0.1, 0.15) is 11.5 Å². The van der Waals surface area contributed by atoms with Crippen molar-refractivity contribution in [2.45, 2.75) is 11.6 Å². The highest BCUT2D eigenvalue weighted by molar-refractivity contribution is 6.04. The molecule has 1 aliphatic carbocycles. The van der Waals surface area contributed by atoms with E-state index in [1.807, 2.05) is 48.6 Å². The van der Waals surface area contributed by atoms with Gasteiger partial charge in [-0.2, -0.15) is 0 Å². The highest BCUT2D eigenvalue weighted by atomic mass is 16.3. The fourth-order valence-corrected chi connectivity index (χ4v) is 4.76. The molecule has 30 heavy (non-hydrogen) atoms. The molecule has 0 spiro atoms. The van der Waals surface area contributed by atoms with E-state index in [-0.39, 0.29) is 29.2 Å². The van der Waals surface area contributed by atoms with E-state index in [4.69, 9.17) is 0 Å². The van der Waals surface area contributed by atoms with Gasteiger partial charge in [0.15, 0.2) is 11.3 Å². The Morgan fingerprint density at radius 3 is 1.80 bits per heavy atom. The van der Waals surface area contributed by atoms with Crippen LogP contribution in [0.25, 0.3) is 0 Å². The van der Waals surface area contributed by atoms with E-state index in [9.17, 15) is 15.0 Å². The summed E-state index contributed by atoms with van der Waals surface area (Å²) in [6.07, 6.45) is 7.93. The molecule has 4 heteroatoms. The highest BCUT2D eigenvalue weighted by Gasteiger charge is 2.59. The van der Waals surface area contributed by atoms with Gasteiger partial charge in [-0.15, -0.1) is 0 Å². The first-order valence-electron chi connectivity index (χ1n) is 9.95. The second-order valence-electron chi connectivity index (χ2n) is 7.66. The Labute approximate surface area is 175 Å². The van der Waals surface area contributed by atoms with Crippen LogP contribution in [0.2, 0.25) is 0 Å². The van der Waals surface area contributed by atoms with Gasteiger partial charge in [0.05, 0.1) is 12.0 Å². The maximum atomic E-state index is 14.2. The summed E-state index contributed by atoms with van der Waals surface area (Å²) in [5, 5.41) is 19.8. The van der Waals surface area contributed by atoms with E-state index in [1.54, 1.807) is 48.5 Å². The summed E-state index contributed by atoms with van der Waals surface area (Å²) in [5.74, 6) is 0.0492. The third-order valence-electron chi connectivity index (χ3n) is 6.03. The Morgan fingerprint density at radius 1 is 0.700 bits per heavy atom. The van der Waals surface area contributed by atoms with Crippen LogP contribution in [0.5, 0.6) is 11.5 Å². The molecule has 4 nitrogen and oxygen atoms in total. The zero-order valence-corrected chi connectivity index (χ0v) is 16.2. The number of anilines is 1. The van der Waals surface area contributed by atoms with Crippen molar-refractivity contribution in [2.75, 3.05) is 4.90 Å². The summed E-state index contributed by atoms with van der Waals surface area (Å²) in [6, 6.07) is 23.4. The molecule has 1 heterocycles. The Kier molecular flexibility index (Phi) is 4.21. The third kappa shape index (κ3) is 2.57. The SMILES string of the molecule is O=C1C2C=CC=CC2N(c2ccccc2)C1(c1ccc(O)cc1)c1ccc(O)cc1. The van der Waals surface area contributed by atoms with E-state index < -0.39 is 5.54 Å². The summed E-state index contributed by atoms with van der Waals surface area (Å²) >= 11 is 0. The van der Waals surface area contributed by atoms with Crippen molar-refractivity contribution < 1.29 is 15.0 Å². The standard InChI is InChI=1S/C26H21NO3/c28-21-14-10-18(11-15-21)26(19-12-16-22(29)17-13-19)25(30)23-8-4-5-9-24(23)27(26)20-6-2-1-3-7-20/h1-17,23-24,28-29H. The number of hydrogen-bond acceptors (Lipinski definition) is 4. The minimum Gasteiger partial charge on any atom is -0.508 e. The zero-order chi connectivity index (χ0) is 20.7. The molecule has 0 bridgehead atoms. The number of hydrogen-bond donors (Lipinski definition) is 2. The summed E-state index contributed by atoms with van der Waals surface area (Å²) < 4.78 is 0. The maximum absolute atomic E-state index is 14.2. The summed E-state index contributed by atoms with van der Waals surface area (Å²) in [4.78, 5) is 16.3. The number of rotatable bonds is 3. The third-order valence-corrected chi connectivity index (χ3v) is 6.03. The van der Waals surface area contributed by atoms with E-state index in [2.05, 4.69) is 11.0 Å². The monoisotopic (exact) mass is 395 g/mol. The summed E-state index contributed by atoms with van der Waals surface area (Å²) in [7, 11) is 0. The quantitative estimate of drug-likeness (QED) is 0.683. The molecular formula is C26H21NO3. The lowest BCUT2D eigenvalue weighted by atomic mass is 9.77.